The fourth-order valence-corrected chi connectivity index (χ4v) is 14.0. The minimum absolute atomic E-state index is 0.655. The Labute approximate surface area is 382 Å². The molecule has 4 heterocycles. The van der Waals surface area contributed by atoms with E-state index in [1.165, 1.54) is 96.0 Å². The molecule has 4 heteroatoms. The van der Waals surface area contributed by atoms with E-state index in [4.69, 9.17) is 4.42 Å². The fourth-order valence-electron chi connectivity index (χ4n) is 11.7. The van der Waals surface area contributed by atoms with Crippen molar-refractivity contribution in [1.82, 2.24) is 0 Å². The monoisotopic (exact) mass is 861 g/mol. The topological polar surface area (TPSA) is 16.4 Å². The van der Waals surface area contributed by atoms with E-state index in [-0.39, 0.29) is 0 Å². The molecule has 3 aromatic heterocycles. The molecule has 0 saturated heterocycles. The summed E-state index contributed by atoms with van der Waals surface area (Å²) in [5.74, 6) is 0. The maximum atomic E-state index is 6.90. The molecule has 2 nitrogen and oxygen atoms in total. The SMILES string of the molecule is c1ccc2c(c1)-c1ccccc1C21c2cc(-c3cccc4sc5ccccc5c34)ccc2N(c2cccc3c2oc2ccccc23)c2ccc(-c3cccc4sc5ccccc5c34)cc21. The Morgan fingerprint density at radius 1 is 0.338 bits per heavy atom. The van der Waals surface area contributed by atoms with Crippen molar-refractivity contribution in [2.75, 3.05) is 4.90 Å². The first kappa shape index (κ1) is 35.7. The number of fused-ring (bicyclic) bond motifs is 18. The van der Waals surface area contributed by atoms with E-state index < -0.39 is 5.41 Å². The van der Waals surface area contributed by atoms with Gasteiger partial charge in [-0.1, -0.05) is 152 Å². The van der Waals surface area contributed by atoms with Crippen molar-refractivity contribution in [3.05, 3.63) is 235 Å². The average molecular weight is 862 g/mol. The largest absolute Gasteiger partial charge is 0.454 e. The van der Waals surface area contributed by atoms with Crippen molar-refractivity contribution in [3.63, 3.8) is 0 Å². The van der Waals surface area contributed by atoms with Crippen molar-refractivity contribution >= 4 is 102 Å². The number of hydrogen-bond acceptors (Lipinski definition) is 4. The van der Waals surface area contributed by atoms with E-state index in [1.54, 1.807) is 0 Å². The van der Waals surface area contributed by atoms with Gasteiger partial charge in [0, 0.05) is 51.1 Å². The van der Waals surface area contributed by atoms with Crippen LogP contribution >= 0.6 is 22.7 Å². The Balaban J connectivity index is 1.10. The molecule has 65 heavy (non-hydrogen) atoms. The molecule has 2 aliphatic rings. The molecule has 1 aliphatic carbocycles. The maximum absolute atomic E-state index is 6.90. The first-order chi connectivity index (χ1) is 32.2. The summed E-state index contributed by atoms with van der Waals surface area (Å²) in [5.41, 5.74) is 17.0. The van der Waals surface area contributed by atoms with Gasteiger partial charge < -0.3 is 9.32 Å². The third-order valence-electron chi connectivity index (χ3n) is 14.3. The molecule has 10 aromatic carbocycles. The number of anilines is 3. The van der Waals surface area contributed by atoms with Crippen LogP contribution in [0.4, 0.5) is 17.1 Å². The molecule has 1 spiro atoms. The lowest BCUT2D eigenvalue weighted by Gasteiger charge is -2.45. The lowest BCUT2D eigenvalue weighted by atomic mass is 9.64. The van der Waals surface area contributed by atoms with Gasteiger partial charge in [-0.15, -0.1) is 22.7 Å². The van der Waals surface area contributed by atoms with Crippen molar-refractivity contribution in [2.24, 2.45) is 0 Å². The van der Waals surface area contributed by atoms with E-state index in [0.29, 0.717) is 0 Å². The average Bonchev–Trinajstić information content (AvgIpc) is 4.13. The van der Waals surface area contributed by atoms with Gasteiger partial charge in [0.2, 0.25) is 0 Å². The van der Waals surface area contributed by atoms with Crippen molar-refractivity contribution in [3.8, 4) is 33.4 Å². The Morgan fingerprint density at radius 2 is 0.800 bits per heavy atom. The third kappa shape index (κ3) is 4.72. The molecular formula is C61H35NOS2. The molecule has 0 unspecified atom stereocenters. The first-order valence-electron chi connectivity index (χ1n) is 22.2. The highest BCUT2D eigenvalue weighted by Gasteiger charge is 2.52. The van der Waals surface area contributed by atoms with Gasteiger partial charge in [-0.3, -0.25) is 0 Å². The Hall–Kier alpha value is -7.76. The highest BCUT2D eigenvalue weighted by Crippen LogP contribution is 2.65. The van der Waals surface area contributed by atoms with E-state index in [2.05, 4.69) is 217 Å². The van der Waals surface area contributed by atoms with Crippen LogP contribution in [0.15, 0.2) is 217 Å². The Bertz CT molecular complexity index is 3950. The standard InChI is InChI=1S/C61H35NOS2/c1-6-22-46-40(14-1)41-15-2-7-23-47(41)61(46)48-34-36(38-19-12-28-56-58(38)44-17-4-9-26-54(44)64-56)30-32-50(48)62(52-24-11-21-43-42-16-3-8-25-53(42)63-60(43)52)51-33-31-37(35-49(51)61)39-20-13-29-57-59(39)45-18-5-10-27-55(45)65-57/h1-35H. The second-order valence-corrected chi connectivity index (χ2v) is 19.6. The van der Waals surface area contributed by atoms with Crippen LogP contribution in [0.2, 0.25) is 0 Å². The lowest BCUT2D eigenvalue weighted by Crippen LogP contribution is -2.36. The molecule has 0 radical (unpaired) electrons. The summed E-state index contributed by atoms with van der Waals surface area (Å²) in [6.07, 6.45) is 0. The van der Waals surface area contributed by atoms with Crippen LogP contribution in [0.25, 0.3) is 95.7 Å². The summed E-state index contributed by atoms with van der Waals surface area (Å²) < 4.78 is 12.1. The van der Waals surface area contributed by atoms with Gasteiger partial charge in [-0.2, -0.15) is 0 Å². The number of para-hydroxylation sites is 2. The first-order valence-corrected chi connectivity index (χ1v) is 23.9. The van der Waals surface area contributed by atoms with Crippen LogP contribution in [0, 0.1) is 0 Å². The lowest BCUT2D eigenvalue weighted by molar-refractivity contribution is 0.668. The summed E-state index contributed by atoms with van der Waals surface area (Å²) in [6, 6.07) is 79.3. The van der Waals surface area contributed by atoms with Crippen LogP contribution in [-0.4, -0.2) is 0 Å². The zero-order valence-corrected chi connectivity index (χ0v) is 36.5. The summed E-state index contributed by atoms with van der Waals surface area (Å²) in [4.78, 5) is 2.50. The van der Waals surface area contributed by atoms with Crippen molar-refractivity contribution < 1.29 is 4.42 Å². The van der Waals surface area contributed by atoms with Crippen LogP contribution in [-0.2, 0) is 5.41 Å². The molecule has 0 N–H and O–H groups in total. The number of thiophene rings is 2. The summed E-state index contributed by atoms with van der Waals surface area (Å²) in [7, 11) is 0. The fraction of sp³-hybridized carbons (Fsp3) is 0.0164. The maximum Gasteiger partial charge on any atom is 0.159 e. The third-order valence-corrected chi connectivity index (χ3v) is 16.6. The van der Waals surface area contributed by atoms with E-state index in [9.17, 15) is 0 Å². The number of rotatable bonds is 3. The molecule has 0 saturated carbocycles. The van der Waals surface area contributed by atoms with Gasteiger partial charge >= 0.3 is 0 Å². The van der Waals surface area contributed by atoms with Crippen molar-refractivity contribution in [2.45, 2.75) is 5.41 Å². The minimum atomic E-state index is -0.655. The number of furan rings is 1. The van der Waals surface area contributed by atoms with Crippen LogP contribution < -0.4 is 4.90 Å². The van der Waals surface area contributed by atoms with Gasteiger partial charge in [-0.25, -0.2) is 0 Å². The van der Waals surface area contributed by atoms with E-state index in [1.807, 2.05) is 22.7 Å². The molecule has 0 fully saturated rings. The molecule has 15 rings (SSSR count). The van der Waals surface area contributed by atoms with Gasteiger partial charge in [0.05, 0.1) is 22.5 Å². The summed E-state index contributed by atoms with van der Waals surface area (Å²) >= 11 is 3.75. The Kier molecular flexibility index (Phi) is 7.22. The van der Waals surface area contributed by atoms with Crippen molar-refractivity contribution in [1.29, 1.82) is 0 Å². The molecule has 1 aliphatic heterocycles. The highest BCUT2D eigenvalue weighted by molar-refractivity contribution is 7.26. The molecule has 0 amide bonds. The predicted octanol–water partition coefficient (Wildman–Crippen LogP) is 17.8. The van der Waals surface area contributed by atoms with Crippen LogP contribution in [0.5, 0.6) is 0 Å². The zero-order chi connectivity index (χ0) is 42.4. The normalized spacial score (nSPS) is 13.6. The van der Waals surface area contributed by atoms with Gasteiger partial charge in [0.15, 0.2) is 5.58 Å². The van der Waals surface area contributed by atoms with Crippen LogP contribution in [0.1, 0.15) is 22.3 Å². The quantitative estimate of drug-likeness (QED) is 0.176. The zero-order valence-electron chi connectivity index (χ0n) is 34.9. The van der Waals surface area contributed by atoms with Gasteiger partial charge in [0.25, 0.3) is 0 Å². The summed E-state index contributed by atoms with van der Waals surface area (Å²) in [6.45, 7) is 0. The molecule has 0 atom stereocenters. The van der Waals surface area contributed by atoms with Gasteiger partial charge in [0.1, 0.15) is 5.58 Å². The van der Waals surface area contributed by atoms with E-state index >= 15 is 0 Å². The molecule has 0 bridgehead atoms. The Morgan fingerprint density at radius 3 is 1.40 bits per heavy atom. The second kappa shape index (κ2) is 13.1. The predicted molar refractivity (Wildman–Crippen MR) is 276 cm³/mol. The number of benzene rings is 10. The summed E-state index contributed by atoms with van der Waals surface area (Å²) in [5, 5.41) is 7.46. The number of hydrogen-bond donors (Lipinski definition) is 0. The van der Waals surface area contributed by atoms with Crippen LogP contribution in [0.3, 0.4) is 0 Å². The highest BCUT2D eigenvalue weighted by atomic mass is 32.1. The minimum Gasteiger partial charge on any atom is -0.454 e. The van der Waals surface area contributed by atoms with E-state index in [0.717, 1.165) is 39.0 Å². The smallest absolute Gasteiger partial charge is 0.159 e. The molecule has 302 valence electrons. The second-order valence-electron chi connectivity index (χ2n) is 17.4. The molecular weight excluding hydrogens is 827 g/mol. The van der Waals surface area contributed by atoms with Gasteiger partial charge in [-0.05, 0) is 116 Å². The molecule has 13 aromatic rings. The number of nitrogens with zero attached hydrogens (tertiary/aromatic N) is 1.